The van der Waals surface area contributed by atoms with Crippen LogP contribution in [0.15, 0.2) is 11.7 Å². The molecule has 1 rings (SSSR count). The number of thiazole rings is 1. The molecule has 1 heterocycles. The zero-order valence-corrected chi connectivity index (χ0v) is 13.3. The molecule has 0 unspecified atom stereocenters. The lowest BCUT2D eigenvalue weighted by Gasteiger charge is -2.19. The molecule has 0 aliphatic rings. The van der Waals surface area contributed by atoms with Crippen LogP contribution in [0.4, 0.5) is 9.59 Å². The number of hydrogen-bond donors (Lipinski definition) is 2. The number of amides is 2. The van der Waals surface area contributed by atoms with Crippen LogP contribution >= 0.6 is 11.3 Å². The first-order valence-electron chi connectivity index (χ1n) is 6.61. The lowest BCUT2D eigenvalue weighted by Crippen LogP contribution is -2.34. The summed E-state index contributed by atoms with van der Waals surface area (Å²) in [5.41, 5.74) is 1.17. The average molecular weight is 315 g/mol. The SMILES string of the molecule is CC(C)(C)OC(=O)NCCCNC(=O)OCc1cncs1. The second kappa shape index (κ2) is 8.46. The third-order valence-corrected chi connectivity index (χ3v) is 2.87. The highest BCUT2D eigenvalue weighted by molar-refractivity contribution is 7.09. The van der Waals surface area contributed by atoms with Crippen LogP contribution < -0.4 is 10.6 Å². The monoisotopic (exact) mass is 315 g/mol. The Balaban J connectivity index is 2.01. The average Bonchev–Trinajstić information content (AvgIpc) is 2.86. The smallest absolute Gasteiger partial charge is 0.407 e. The predicted octanol–water partition coefficient (Wildman–Crippen LogP) is 2.28. The molecule has 0 fully saturated rings. The fourth-order valence-corrected chi connectivity index (χ4v) is 1.79. The van der Waals surface area contributed by atoms with Crippen LogP contribution in [0.1, 0.15) is 32.1 Å². The molecular weight excluding hydrogens is 294 g/mol. The van der Waals surface area contributed by atoms with Gasteiger partial charge in [0.25, 0.3) is 0 Å². The molecule has 7 nitrogen and oxygen atoms in total. The van der Waals surface area contributed by atoms with Crippen LogP contribution in [-0.2, 0) is 16.1 Å². The van der Waals surface area contributed by atoms with E-state index in [0.29, 0.717) is 19.5 Å². The molecule has 118 valence electrons. The highest BCUT2D eigenvalue weighted by Gasteiger charge is 2.15. The molecule has 0 atom stereocenters. The van der Waals surface area contributed by atoms with E-state index in [0.717, 1.165) is 4.88 Å². The van der Waals surface area contributed by atoms with Crippen molar-refractivity contribution < 1.29 is 19.1 Å². The van der Waals surface area contributed by atoms with E-state index in [4.69, 9.17) is 9.47 Å². The zero-order valence-electron chi connectivity index (χ0n) is 12.5. The molecule has 0 spiro atoms. The molecule has 0 radical (unpaired) electrons. The van der Waals surface area contributed by atoms with Crippen molar-refractivity contribution in [3.05, 3.63) is 16.6 Å². The molecule has 8 heteroatoms. The number of rotatable bonds is 6. The van der Waals surface area contributed by atoms with E-state index in [9.17, 15) is 9.59 Å². The first kappa shape index (κ1) is 17.2. The van der Waals surface area contributed by atoms with E-state index in [1.54, 1.807) is 32.5 Å². The number of nitrogens with zero attached hydrogens (tertiary/aromatic N) is 1. The Morgan fingerprint density at radius 2 is 1.90 bits per heavy atom. The lowest BCUT2D eigenvalue weighted by atomic mass is 10.2. The van der Waals surface area contributed by atoms with Crippen LogP contribution in [0.3, 0.4) is 0 Å². The molecule has 0 aliphatic carbocycles. The van der Waals surface area contributed by atoms with E-state index >= 15 is 0 Å². The Bertz CT molecular complexity index is 443. The number of alkyl carbamates (subject to hydrolysis) is 2. The quantitative estimate of drug-likeness (QED) is 0.786. The van der Waals surface area contributed by atoms with Gasteiger partial charge in [0.15, 0.2) is 0 Å². The van der Waals surface area contributed by atoms with Gasteiger partial charge in [0.05, 0.1) is 10.4 Å². The Morgan fingerprint density at radius 3 is 2.48 bits per heavy atom. The van der Waals surface area contributed by atoms with Crippen LogP contribution in [-0.4, -0.2) is 35.9 Å². The minimum Gasteiger partial charge on any atom is -0.444 e. The number of nitrogens with one attached hydrogen (secondary N) is 2. The van der Waals surface area contributed by atoms with Crippen LogP contribution in [0.5, 0.6) is 0 Å². The van der Waals surface area contributed by atoms with Gasteiger partial charge in [-0.25, -0.2) is 9.59 Å². The summed E-state index contributed by atoms with van der Waals surface area (Å²) in [6, 6.07) is 0. The van der Waals surface area contributed by atoms with Gasteiger partial charge in [0.1, 0.15) is 12.2 Å². The lowest BCUT2D eigenvalue weighted by molar-refractivity contribution is 0.0527. The summed E-state index contributed by atoms with van der Waals surface area (Å²) in [5.74, 6) is 0. The van der Waals surface area contributed by atoms with Crippen LogP contribution in [0.25, 0.3) is 0 Å². The van der Waals surface area contributed by atoms with Crippen molar-refractivity contribution in [2.75, 3.05) is 13.1 Å². The summed E-state index contributed by atoms with van der Waals surface area (Å²) >= 11 is 1.43. The normalized spacial score (nSPS) is 10.8. The molecule has 2 N–H and O–H groups in total. The Labute approximate surface area is 128 Å². The van der Waals surface area contributed by atoms with Crippen molar-refractivity contribution in [2.24, 2.45) is 0 Å². The summed E-state index contributed by atoms with van der Waals surface area (Å²) in [7, 11) is 0. The summed E-state index contributed by atoms with van der Waals surface area (Å²) in [6.07, 6.45) is 1.30. The second-order valence-corrected chi connectivity index (χ2v) is 6.22. The fraction of sp³-hybridized carbons (Fsp3) is 0.615. The minimum absolute atomic E-state index is 0.215. The number of hydrogen-bond acceptors (Lipinski definition) is 6. The standard InChI is InChI=1S/C13H21N3O4S/c1-13(2,3)20-12(18)16-6-4-5-15-11(17)19-8-10-7-14-9-21-10/h7,9H,4-6,8H2,1-3H3,(H,15,17)(H,16,18). The first-order chi connectivity index (χ1) is 9.87. The summed E-state index contributed by atoms with van der Waals surface area (Å²) in [4.78, 5) is 27.5. The fourth-order valence-electron chi connectivity index (χ4n) is 1.28. The maximum absolute atomic E-state index is 11.4. The molecule has 0 aromatic carbocycles. The van der Waals surface area contributed by atoms with Crippen LogP contribution in [0.2, 0.25) is 0 Å². The van der Waals surface area contributed by atoms with Gasteiger partial charge in [-0.3, -0.25) is 4.98 Å². The number of carbonyl (C=O) groups is 2. The van der Waals surface area contributed by atoms with Gasteiger partial charge in [0.2, 0.25) is 0 Å². The summed E-state index contributed by atoms with van der Waals surface area (Å²) in [6.45, 7) is 6.45. The molecule has 0 saturated carbocycles. The van der Waals surface area contributed by atoms with Gasteiger partial charge < -0.3 is 20.1 Å². The summed E-state index contributed by atoms with van der Waals surface area (Å²) in [5, 5.41) is 5.21. The molecule has 0 bridgehead atoms. The van der Waals surface area contributed by atoms with Gasteiger partial charge in [-0.05, 0) is 27.2 Å². The number of carbonyl (C=O) groups excluding carboxylic acids is 2. The zero-order chi connectivity index (χ0) is 15.7. The molecule has 1 aromatic rings. The minimum atomic E-state index is -0.511. The van der Waals surface area contributed by atoms with Crippen LogP contribution in [0, 0.1) is 0 Å². The van der Waals surface area contributed by atoms with Crippen molar-refractivity contribution in [1.82, 2.24) is 15.6 Å². The van der Waals surface area contributed by atoms with E-state index in [1.807, 2.05) is 0 Å². The third kappa shape index (κ3) is 8.85. The Morgan fingerprint density at radius 1 is 1.24 bits per heavy atom. The summed E-state index contributed by atoms with van der Waals surface area (Å²) < 4.78 is 10.1. The molecule has 0 aliphatic heterocycles. The molecular formula is C13H21N3O4S. The largest absolute Gasteiger partial charge is 0.444 e. The molecule has 0 saturated heterocycles. The van der Waals surface area contributed by atoms with E-state index in [1.165, 1.54) is 11.3 Å². The Hall–Kier alpha value is -1.83. The van der Waals surface area contributed by atoms with E-state index < -0.39 is 17.8 Å². The van der Waals surface area contributed by atoms with Crippen molar-refractivity contribution in [2.45, 2.75) is 39.4 Å². The molecule has 21 heavy (non-hydrogen) atoms. The van der Waals surface area contributed by atoms with Gasteiger partial charge in [-0.15, -0.1) is 11.3 Å². The van der Waals surface area contributed by atoms with Gasteiger partial charge in [-0.2, -0.15) is 0 Å². The van der Waals surface area contributed by atoms with E-state index in [2.05, 4.69) is 15.6 Å². The molecule has 2 amide bonds. The van der Waals surface area contributed by atoms with Crippen molar-refractivity contribution >= 4 is 23.5 Å². The van der Waals surface area contributed by atoms with Gasteiger partial charge in [0, 0.05) is 19.3 Å². The van der Waals surface area contributed by atoms with Gasteiger partial charge >= 0.3 is 12.2 Å². The van der Waals surface area contributed by atoms with Crippen molar-refractivity contribution in [3.8, 4) is 0 Å². The highest BCUT2D eigenvalue weighted by Crippen LogP contribution is 2.07. The molecule has 1 aromatic heterocycles. The maximum atomic E-state index is 11.4. The first-order valence-corrected chi connectivity index (χ1v) is 7.49. The van der Waals surface area contributed by atoms with Crippen molar-refractivity contribution in [1.29, 1.82) is 0 Å². The topological polar surface area (TPSA) is 89.6 Å². The van der Waals surface area contributed by atoms with Gasteiger partial charge in [-0.1, -0.05) is 0 Å². The second-order valence-electron chi connectivity index (χ2n) is 5.25. The number of ether oxygens (including phenoxy) is 2. The Kier molecular flexibility index (Phi) is 6.93. The maximum Gasteiger partial charge on any atom is 0.407 e. The highest BCUT2D eigenvalue weighted by atomic mass is 32.1. The number of aromatic nitrogens is 1. The predicted molar refractivity (Wildman–Crippen MR) is 79.2 cm³/mol. The van der Waals surface area contributed by atoms with Crippen molar-refractivity contribution in [3.63, 3.8) is 0 Å². The van der Waals surface area contributed by atoms with E-state index in [-0.39, 0.29) is 6.61 Å². The third-order valence-electron chi connectivity index (χ3n) is 2.12.